The SMILES string of the molecule is CCOC(C)(OC)[PH](C)(C)C. The van der Waals surface area contributed by atoms with Gasteiger partial charge in [0, 0.05) is 0 Å². The summed E-state index contributed by atoms with van der Waals surface area (Å²) in [5.74, 6) is 0. The van der Waals surface area contributed by atoms with Crippen LogP contribution in [0.3, 0.4) is 0 Å². The van der Waals surface area contributed by atoms with Crippen molar-refractivity contribution in [2.24, 2.45) is 0 Å². The van der Waals surface area contributed by atoms with Gasteiger partial charge < -0.3 is 0 Å². The van der Waals surface area contributed by atoms with Crippen molar-refractivity contribution in [2.75, 3.05) is 33.7 Å². The van der Waals surface area contributed by atoms with E-state index in [9.17, 15) is 0 Å². The molecular weight excluding hydrogens is 159 g/mol. The Kier molecular flexibility index (Phi) is 3.96. The van der Waals surface area contributed by atoms with Crippen molar-refractivity contribution in [3.63, 3.8) is 0 Å². The number of methoxy groups -OCH3 is 1. The first-order valence-corrected chi connectivity index (χ1v) is 7.56. The van der Waals surface area contributed by atoms with Gasteiger partial charge in [-0.1, -0.05) is 0 Å². The summed E-state index contributed by atoms with van der Waals surface area (Å²) in [6.45, 7) is 11.5. The quantitative estimate of drug-likeness (QED) is 0.486. The van der Waals surface area contributed by atoms with Crippen molar-refractivity contribution in [2.45, 2.75) is 19.4 Å². The molecule has 0 bridgehead atoms. The Bertz CT molecular complexity index is 120. The normalized spacial score (nSPS) is 19.5. The van der Waals surface area contributed by atoms with Crippen molar-refractivity contribution >= 4 is 7.26 Å². The van der Waals surface area contributed by atoms with Crippen molar-refractivity contribution in [3.05, 3.63) is 0 Å². The Morgan fingerprint density at radius 1 is 1.27 bits per heavy atom. The van der Waals surface area contributed by atoms with Gasteiger partial charge in [-0.05, 0) is 0 Å². The average Bonchev–Trinajstić information content (AvgIpc) is 1.86. The zero-order chi connectivity index (χ0) is 9.12. The van der Waals surface area contributed by atoms with Gasteiger partial charge in [0.15, 0.2) is 0 Å². The zero-order valence-corrected chi connectivity index (χ0v) is 9.52. The van der Waals surface area contributed by atoms with Crippen LogP contribution < -0.4 is 0 Å². The predicted molar refractivity (Wildman–Crippen MR) is 53.1 cm³/mol. The molecule has 0 aromatic rings. The van der Waals surface area contributed by atoms with E-state index >= 15 is 0 Å². The second-order valence-electron chi connectivity index (χ2n) is 3.83. The first-order valence-electron chi connectivity index (χ1n) is 4.06. The van der Waals surface area contributed by atoms with E-state index in [1.165, 1.54) is 0 Å². The van der Waals surface area contributed by atoms with E-state index in [0.29, 0.717) is 6.61 Å². The molecule has 0 aliphatic rings. The van der Waals surface area contributed by atoms with Crippen LogP contribution >= 0.6 is 7.26 Å². The first kappa shape index (κ1) is 11.4. The fourth-order valence-electron chi connectivity index (χ4n) is 0.857. The molecule has 0 fully saturated rings. The molecule has 0 saturated carbocycles. The van der Waals surface area contributed by atoms with Crippen LogP contribution in [-0.4, -0.2) is 39.2 Å². The van der Waals surface area contributed by atoms with Crippen LogP contribution in [0.5, 0.6) is 0 Å². The van der Waals surface area contributed by atoms with Crippen LogP contribution in [0.1, 0.15) is 13.8 Å². The third-order valence-corrected chi connectivity index (χ3v) is 5.24. The molecule has 0 aromatic heterocycles. The van der Waals surface area contributed by atoms with E-state index in [1.54, 1.807) is 7.11 Å². The Morgan fingerprint density at radius 2 is 1.73 bits per heavy atom. The van der Waals surface area contributed by atoms with Crippen molar-refractivity contribution in [1.29, 1.82) is 0 Å². The number of ether oxygens (including phenoxy) is 2. The fraction of sp³-hybridized carbons (Fsp3) is 1.00. The van der Waals surface area contributed by atoms with Crippen LogP contribution in [0.15, 0.2) is 0 Å². The summed E-state index contributed by atoms with van der Waals surface area (Å²) in [5, 5.41) is 0. The van der Waals surface area contributed by atoms with E-state index in [2.05, 4.69) is 20.0 Å². The predicted octanol–water partition coefficient (Wildman–Crippen LogP) is 1.98. The van der Waals surface area contributed by atoms with E-state index < -0.39 is 7.26 Å². The molecule has 1 atom stereocenters. The molecule has 0 heterocycles. The summed E-state index contributed by atoms with van der Waals surface area (Å²) in [7, 11) is 0.340. The summed E-state index contributed by atoms with van der Waals surface area (Å²) >= 11 is 0. The molecule has 3 heteroatoms. The second kappa shape index (κ2) is 3.84. The van der Waals surface area contributed by atoms with E-state index in [0.717, 1.165) is 0 Å². The molecule has 2 nitrogen and oxygen atoms in total. The summed E-state index contributed by atoms with van der Waals surface area (Å²) in [5.41, 5.74) is -0.332. The standard InChI is InChI=1S/C8H21O2P/c1-7-10-8(2,9-3)11(4,5)6/h11H,7H2,1-6H3. The molecule has 0 aliphatic heterocycles. The maximum absolute atomic E-state index is 5.58. The fourth-order valence-corrected chi connectivity index (χ4v) is 2.05. The molecule has 0 radical (unpaired) electrons. The van der Waals surface area contributed by atoms with Gasteiger partial charge in [-0.3, -0.25) is 0 Å². The molecular formula is C8H21O2P. The minimum atomic E-state index is -1.38. The maximum atomic E-state index is 5.58. The van der Waals surface area contributed by atoms with Gasteiger partial charge in [0.25, 0.3) is 0 Å². The van der Waals surface area contributed by atoms with Gasteiger partial charge in [0.2, 0.25) is 0 Å². The van der Waals surface area contributed by atoms with E-state index in [4.69, 9.17) is 9.47 Å². The van der Waals surface area contributed by atoms with Gasteiger partial charge in [0.1, 0.15) is 0 Å². The van der Waals surface area contributed by atoms with E-state index in [1.807, 2.05) is 13.8 Å². The number of hydrogen-bond acceptors (Lipinski definition) is 2. The Balaban J connectivity index is 4.33. The Hall–Kier alpha value is 0.350. The van der Waals surface area contributed by atoms with Gasteiger partial charge in [-0.2, -0.15) is 0 Å². The summed E-state index contributed by atoms with van der Waals surface area (Å²) in [4.78, 5) is 0. The summed E-state index contributed by atoms with van der Waals surface area (Å²) in [6, 6.07) is 0. The topological polar surface area (TPSA) is 18.5 Å². The van der Waals surface area contributed by atoms with Gasteiger partial charge in [0.05, 0.1) is 0 Å². The van der Waals surface area contributed by atoms with Crippen LogP contribution in [0, 0.1) is 0 Å². The monoisotopic (exact) mass is 180 g/mol. The van der Waals surface area contributed by atoms with E-state index in [-0.39, 0.29) is 5.53 Å². The molecule has 0 spiro atoms. The Labute approximate surface area is 70.6 Å². The van der Waals surface area contributed by atoms with Crippen molar-refractivity contribution < 1.29 is 9.47 Å². The van der Waals surface area contributed by atoms with Crippen molar-refractivity contribution in [1.82, 2.24) is 0 Å². The minimum absolute atomic E-state index is 0.332. The molecule has 70 valence electrons. The zero-order valence-electron chi connectivity index (χ0n) is 8.52. The molecule has 0 amide bonds. The van der Waals surface area contributed by atoms with Crippen LogP contribution in [0.4, 0.5) is 0 Å². The van der Waals surface area contributed by atoms with Gasteiger partial charge >= 0.3 is 69.8 Å². The molecule has 0 aliphatic carbocycles. The molecule has 0 saturated heterocycles. The molecule has 11 heavy (non-hydrogen) atoms. The van der Waals surface area contributed by atoms with Crippen molar-refractivity contribution in [3.8, 4) is 0 Å². The summed E-state index contributed by atoms with van der Waals surface area (Å²) < 4.78 is 11.0. The first-order chi connectivity index (χ1) is 4.87. The van der Waals surface area contributed by atoms with Crippen LogP contribution in [0.2, 0.25) is 0 Å². The molecule has 0 rings (SSSR count). The van der Waals surface area contributed by atoms with Crippen LogP contribution in [-0.2, 0) is 9.47 Å². The van der Waals surface area contributed by atoms with Gasteiger partial charge in [-0.25, -0.2) is 0 Å². The number of rotatable bonds is 4. The average molecular weight is 180 g/mol. The van der Waals surface area contributed by atoms with Crippen LogP contribution in [0.25, 0.3) is 0 Å². The molecule has 0 N–H and O–H groups in total. The molecule has 1 unspecified atom stereocenters. The Morgan fingerprint density at radius 3 is 1.82 bits per heavy atom. The summed E-state index contributed by atoms with van der Waals surface area (Å²) in [6.07, 6.45) is 0. The van der Waals surface area contributed by atoms with Gasteiger partial charge in [-0.15, -0.1) is 0 Å². The third kappa shape index (κ3) is 2.70. The number of hydrogen-bond donors (Lipinski definition) is 0. The molecule has 0 aromatic carbocycles. The second-order valence-corrected chi connectivity index (χ2v) is 9.24. The third-order valence-electron chi connectivity index (χ3n) is 2.17.